The van der Waals surface area contributed by atoms with Gasteiger partial charge in [0.2, 0.25) is 0 Å². The number of para-hydroxylation sites is 2. The molecule has 4 heterocycles. The molecule has 6 aliphatic rings. The average molecular weight is 915 g/mol. The molecule has 3 nitrogen and oxygen atoms in total. The summed E-state index contributed by atoms with van der Waals surface area (Å²) in [6.45, 7) is 31.1. The lowest BCUT2D eigenvalue weighted by molar-refractivity contribution is 0.195. The minimum Gasteiger partial charge on any atom is -0.334 e. The zero-order chi connectivity index (χ0) is 50.5. The summed E-state index contributed by atoms with van der Waals surface area (Å²) in [5.74, 6) is 0. The third-order valence-corrected chi connectivity index (χ3v) is 22.4. The van der Waals surface area contributed by atoms with Crippen molar-refractivity contribution < 1.29 is 4.11 Å². The molecule has 348 valence electrons. The fraction of sp³-hybridized carbons (Fsp3) is 0.429. The highest BCUT2D eigenvalue weighted by Gasteiger charge is 2.59. The minimum atomic E-state index is -2.37. The minimum absolute atomic E-state index is 0.0125. The van der Waals surface area contributed by atoms with E-state index in [9.17, 15) is 4.11 Å². The summed E-state index contributed by atoms with van der Waals surface area (Å²) in [6.07, 6.45) is 6.81. The van der Waals surface area contributed by atoms with E-state index < -0.39 is 14.9 Å². The number of fused-ring (bicyclic) bond motifs is 10. The van der Waals surface area contributed by atoms with Gasteiger partial charge in [0, 0.05) is 55.0 Å². The summed E-state index contributed by atoms with van der Waals surface area (Å²) in [5, 5.41) is 2.93. The van der Waals surface area contributed by atoms with Crippen molar-refractivity contribution in [3.05, 3.63) is 137 Å². The zero-order valence-corrected chi connectivity index (χ0v) is 44.5. The highest BCUT2D eigenvalue weighted by atomic mass is 28.3. The van der Waals surface area contributed by atoms with Crippen LogP contribution in [-0.2, 0) is 27.1 Å². The molecule has 12 rings (SSSR count). The van der Waals surface area contributed by atoms with Crippen LogP contribution in [0.15, 0.2) is 103 Å². The van der Waals surface area contributed by atoms with Gasteiger partial charge in [-0.05, 0) is 158 Å². The van der Waals surface area contributed by atoms with Crippen molar-refractivity contribution in [2.45, 2.75) is 174 Å². The second-order valence-corrected chi connectivity index (χ2v) is 30.6. The number of rotatable bonds is 2. The standard InChI is InChI=1S/C63H74BN3Si/c1-39-33-40(58(2,3)4)25-27-48(39)65-51-38-44-43(60(8,9)31-32-61(44,10)11)37-47(51)64-46-21-20-24-55-57(46)66(50-22-16-17-23-54(50)68(55,14)15)53-36-42(35-52(65)56(53)64)67-49-28-26-41(59(5,6)7)34-45(49)62(12)29-18-19-30-63(62,67)13/h16-17,20-28,33-38H,18-19,29-32H2,1-15H3/i1D3. The molecule has 0 saturated heterocycles. The first-order valence-electron chi connectivity index (χ1n) is 27.4. The quantitative estimate of drug-likeness (QED) is 0.160. The van der Waals surface area contributed by atoms with Crippen LogP contribution in [0.5, 0.6) is 0 Å². The fourth-order valence-electron chi connectivity index (χ4n) is 14.4. The summed E-state index contributed by atoms with van der Waals surface area (Å²) in [5.41, 5.74) is 19.5. The van der Waals surface area contributed by atoms with Crippen LogP contribution in [0.4, 0.5) is 45.5 Å². The molecule has 0 aromatic heterocycles. The highest BCUT2D eigenvalue weighted by Crippen LogP contribution is 2.62. The molecule has 0 N–H and O–H groups in total. The van der Waals surface area contributed by atoms with Gasteiger partial charge < -0.3 is 14.7 Å². The van der Waals surface area contributed by atoms with Gasteiger partial charge in [-0.1, -0.05) is 169 Å². The zero-order valence-electron chi connectivity index (χ0n) is 46.5. The monoisotopic (exact) mass is 915 g/mol. The van der Waals surface area contributed by atoms with Gasteiger partial charge in [0.15, 0.2) is 0 Å². The molecule has 2 aliphatic carbocycles. The molecule has 0 spiro atoms. The lowest BCUT2D eigenvalue weighted by atomic mass is 9.33. The second kappa shape index (κ2) is 13.9. The Morgan fingerprint density at radius 1 is 0.544 bits per heavy atom. The van der Waals surface area contributed by atoms with Crippen LogP contribution >= 0.6 is 0 Å². The maximum Gasteiger partial charge on any atom is 0.252 e. The number of anilines is 8. The van der Waals surface area contributed by atoms with Crippen molar-refractivity contribution in [1.82, 2.24) is 0 Å². The van der Waals surface area contributed by atoms with Crippen molar-refractivity contribution in [2.75, 3.05) is 14.7 Å². The molecular formula is C63H74BN3Si. The Labute approximate surface area is 414 Å². The van der Waals surface area contributed by atoms with Crippen LogP contribution in [0.2, 0.25) is 13.1 Å². The molecule has 6 aromatic rings. The van der Waals surface area contributed by atoms with E-state index in [4.69, 9.17) is 0 Å². The van der Waals surface area contributed by atoms with E-state index in [0.717, 1.165) is 48.3 Å². The molecule has 1 saturated carbocycles. The molecule has 0 bridgehead atoms. The van der Waals surface area contributed by atoms with Crippen molar-refractivity contribution >= 4 is 87.0 Å². The van der Waals surface area contributed by atoms with Gasteiger partial charge in [-0.2, -0.15) is 0 Å². The van der Waals surface area contributed by atoms with Crippen LogP contribution in [-0.4, -0.2) is 20.3 Å². The first-order valence-corrected chi connectivity index (χ1v) is 28.9. The smallest absolute Gasteiger partial charge is 0.252 e. The number of benzene rings is 6. The van der Waals surface area contributed by atoms with Crippen molar-refractivity contribution in [1.29, 1.82) is 0 Å². The van der Waals surface area contributed by atoms with Crippen molar-refractivity contribution in [3.63, 3.8) is 0 Å². The van der Waals surface area contributed by atoms with Gasteiger partial charge in [0.1, 0.15) is 8.07 Å². The van der Waals surface area contributed by atoms with Crippen molar-refractivity contribution in [2.24, 2.45) is 0 Å². The molecule has 2 atom stereocenters. The van der Waals surface area contributed by atoms with Crippen LogP contribution < -0.4 is 41.5 Å². The third kappa shape index (κ3) is 5.78. The summed E-state index contributed by atoms with van der Waals surface area (Å²) >= 11 is 0. The van der Waals surface area contributed by atoms with E-state index in [2.05, 4.69) is 208 Å². The largest absolute Gasteiger partial charge is 0.334 e. The maximum atomic E-state index is 9.37. The Morgan fingerprint density at radius 3 is 1.85 bits per heavy atom. The average Bonchev–Trinajstić information content (AvgIpc) is 3.51. The van der Waals surface area contributed by atoms with E-state index in [0.29, 0.717) is 5.56 Å². The topological polar surface area (TPSA) is 9.72 Å². The van der Waals surface area contributed by atoms with Crippen LogP contribution in [0.1, 0.15) is 159 Å². The normalized spacial score (nSPS) is 24.1. The van der Waals surface area contributed by atoms with Crippen molar-refractivity contribution in [3.8, 4) is 0 Å². The van der Waals surface area contributed by atoms with Gasteiger partial charge in [-0.3, -0.25) is 0 Å². The van der Waals surface area contributed by atoms with Crippen LogP contribution in [0.3, 0.4) is 0 Å². The Morgan fingerprint density at radius 2 is 1.16 bits per heavy atom. The Balaban J connectivity index is 1.26. The lowest BCUT2D eigenvalue weighted by Gasteiger charge is -2.52. The predicted molar refractivity (Wildman–Crippen MR) is 297 cm³/mol. The summed E-state index contributed by atoms with van der Waals surface area (Å²) < 4.78 is 28.1. The first kappa shape index (κ1) is 40.8. The van der Waals surface area contributed by atoms with E-state index >= 15 is 0 Å². The predicted octanol–water partition coefficient (Wildman–Crippen LogP) is 13.9. The van der Waals surface area contributed by atoms with E-state index in [-0.39, 0.29) is 39.3 Å². The molecule has 6 aromatic carbocycles. The molecule has 2 unspecified atom stereocenters. The second-order valence-electron chi connectivity index (χ2n) is 26.2. The van der Waals surface area contributed by atoms with Gasteiger partial charge in [-0.15, -0.1) is 0 Å². The summed E-state index contributed by atoms with van der Waals surface area (Å²) in [4.78, 5) is 7.85. The highest BCUT2D eigenvalue weighted by molar-refractivity contribution is 7.05. The van der Waals surface area contributed by atoms with E-state index in [1.807, 2.05) is 6.07 Å². The lowest BCUT2D eigenvalue weighted by Crippen LogP contribution is -2.67. The van der Waals surface area contributed by atoms with E-state index in [1.165, 1.54) is 90.3 Å². The molecule has 0 amide bonds. The molecule has 1 fully saturated rings. The molecular weight excluding hydrogens is 838 g/mol. The maximum absolute atomic E-state index is 9.37. The number of hydrogen-bond acceptors (Lipinski definition) is 3. The summed E-state index contributed by atoms with van der Waals surface area (Å²) in [7, 11) is -2.20. The Kier molecular flexibility index (Phi) is 8.33. The Bertz CT molecular complexity index is 3280. The van der Waals surface area contributed by atoms with Gasteiger partial charge in [0.25, 0.3) is 6.71 Å². The SMILES string of the molecule is [2H]C([2H])([2H])c1cc(C(C)(C)C)ccc1N1c2cc3c(cc2B2c4cccc5c4N(c4ccccc4[Si]5(C)C)c4cc(N5c6ccc(C(C)(C)C)cc6C6(C)CCCCC56C)cc1c42)C(C)(C)CCC3(C)C. The van der Waals surface area contributed by atoms with Crippen LogP contribution in [0.25, 0.3) is 0 Å². The number of nitrogens with zero attached hydrogens (tertiary/aromatic N) is 3. The number of hydrogen-bond donors (Lipinski definition) is 0. The third-order valence-electron chi connectivity index (χ3n) is 18.9. The van der Waals surface area contributed by atoms with E-state index in [1.54, 1.807) is 0 Å². The van der Waals surface area contributed by atoms with Gasteiger partial charge in [0.05, 0.1) is 5.54 Å². The molecule has 5 heteroatoms. The number of aryl methyl sites for hydroxylation is 1. The Hall–Kier alpha value is -5.00. The molecule has 68 heavy (non-hydrogen) atoms. The summed E-state index contributed by atoms with van der Waals surface area (Å²) in [6, 6.07) is 40.4. The fourth-order valence-corrected chi connectivity index (χ4v) is 17.4. The van der Waals surface area contributed by atoms with Gasteiger partial charge in [-0.25, -0.2) is 0 Å². The molecule has 0 radical (unpaired) electrons. The molecule has 4 aliphatic heterocycles. The van der Waals surface area contributed by atoms with Crippen LogP contribution in [0, 0.1) is 6.85 Å². The first-order chi connectivity index (χ1) is 33.1. The van der Waals surface area contributed by atoms with Gasteiger partial charge >= 0.3 is 0 Å².